The Kier molecular flexibility index (Phi) is 5.25. The van der Waals surface area contributed by atoms with Gasteiger partial charge in [-0.05, 0) is 55.2 Å². The number of benzene rings is 1. The molecule has 1 aliphatic carbocycles. The summed E-state index contributed by atoms with van der Waals surface area (Å²) in [6.07, 6.45) is 6.50. The number of nitrogens with one attached hydrogen (secondary N) is 1. The summed E-state index contributed by atoms with van der Waals surface area (Å²) in [4.78, 5) is 14.6. The van der Waals surface area contributed by atoms with Crippen molar-refractivity contribution in [3.63, 3.8) is 0 Å². The molecular formula is C22H27N3O5. The van der Waals surface area contributed by atoms with Crippen LogP contribution in [0.4, 0.5) is 0 Å². The summed E-state index contributed by atoms with van der Waals surface area (Å²) in [6.45, 7) is 1.71. The number of amides is 1. The fourth-order valence-electron chi connectivity index (χ4n) is 4.86. The number of fused-ring (bicyclic) bond motifs is 2. The molecule has 1 saturated carbocycles. The van der Waals surface area contributed by atoms with Crippen LogP contribution in [0, 0.1) is 11.8 Å². The van der Waals surface area contributed by atoms with Crippen molar-refractivity contribution in [3.05, 3.63) is 36.2 Å². The van der Waals surface area contributed by atoms with Crippen molar-refractivity contribution in [2.45, 2.75) is 44.3 Å². The van der Waals surface area contributed by atoms with Crippen LogP contribution in [-0.4, -0.2) is 58.2 Å². The predicted molar refractivity (Wildman–Crippen MR) is 107 cm³/mol. The van der Waals surface area contributed by atoms with Crippen molar-refractivity contribution in [2.24, 2.45) is 11.8 Å². The van der Waals surface area contributed by atoms with Crippen molar-refractivity contribution in [3.8, 4) is 17.2 Å². The zero-order valence-corrected chi connectivity index (χ0v) is 16.8. The summed E-state index contributed by atoms with van der Waals surface area (Å²) in [7, 11) is 0. The SMILES string of the molecule is O=C(CCCc1cn[nH]c1)N1C[C@H]2C[C@@H](Oc3ccc4c(c3)OCO4)[C@H](O)C[C@H]2C1. The van der Waals surface area contributed by atoms with E-state index >= 15 is 0 Å². The number of aliphatic hydroxyl groups is 1. The minimum Gasteiger partial charge on any atom is -0.488 e. The number of aromatic amines is 1. The van der Waals surface area contributed by atoms with Crippen LogP contribution < -0.4 is 14.2 Å². The number of rotatable bonds is 6. The number of aromatic nitrogens is 2. The van der Waals surface area contributed by atoms with Gasteiger partial charge in [0.25, 0.3) is 0 Å². The minimum absolute atomic E-state index is 0.204. The first-order valence-corrected chi connectivity index (χ1v) is 10.7. The van der Waals surface area contributed by atoms with Crippen LogP contribution in [0.15, 0.2) is 30.6 Å². The van der Waals surface area contributed by atoms with Crippen LogP contribution in [0.5, 0.6) is 17.2 Å². The van der Waals surface area contributed by atoms with Gasteiger partial charge in [-0.2, -0.15) is 5.10 Å². The lowest BCUT2D eigenvalue weighted by Gasteiger charge is -2.35. The number of aryl methyl sites for hydroxylation is 1. The third-order valence-corrected chi connectivity index (χ3v) is 6.48. The Morgan fingerprint density at radius 1 is 1.23 bits per heavy atom. The molecule has 4 atom stereocenters. The van der Waals surface area contributed by atoms with Crippen molar-refractivity contribution >= 4 is 5.91 Å². The normalized spacial score (nSPS) is 27.2. The van der Waals surface area contributed by atoms with E-state index in [2.05, 4.69) is 10.2 Å². The summed E-state index contributed by atoms with van der Waals surface area (Å²) in [6, 6.07) is 5.48. The Labute approximate surface area is 175 Å². The molecule has 1 saturated heterocycles. The Morgan fingerprint density at radius 2 is 2.07 bits per heavy atom. The molecule has 3 aliphatic rings. The van der Waals surface area contributed by atoms with Crippen molar-refractivity contribution in [1.82, 2.24) is 15.1 Å². The van der Waals surface area contributed by atoms with E-state index in [-0.39, 0.29) is 18.8 Å². The quantitative estimate of drug-likeness (QED) is 0.753. The van der Waals surface area contributed by atoms with E-state index in [1.807, 2.05) is 29.3 Å². The highest BCUT2D eigenvalue weighted by atomic mass is 16.7. The number of likely N-dealkylation sites (tertiary alicyclic amines) is 1. The average molecular weight is 413 g/mol. The minimum atomic E-state index is -0.534. The molecule has 1 amide bonds. The van der Waals surface area contributed by atoms with Gasteiger partial charge < -0.3 is 24.2 Å². The molecule has 0 radical (unpaired) electrons. The summed E-state index contributed by atoms with van der Waals surface area (Å²) >= 11 is 0. The van der Waals surface area contributed by atoms with Gasteiger partial charge in [-0.25, -0.2) is 0 Å². The maximum Gasteiger partial charge on any atom is 0.231 e. The topological polar surface area (TPSA) is 96.9 Å². The van der Waals surface area contributed by atoms with Crippen LogP contribution in [0.2, 0.25) is 0 Å². The Morgan fingerprint density at radius 3 is 2.90 bits per heavy atom. The summed E-state index contributed by atoms with van der Waals surface area (Å²) in [5.41, 5.74) is 1.13. The van der Waals surface area contributed by atoms with Crippen molar-refractivity contribution < 1.29 is 24.1 Å². The molecule has 2 aliphatic heterocycles. The molecule has 1 aromatic heterocycles. The standard InChI is InChI=1S/C22H27N3O5/c26-18-6-15-11-25(22(27)3-1-2-14-9-23-24-10-14)12-16(15)7-20(18)30-17-4-5-19-21(8-17)29-13-28-19/h4-5,8-10,15-16,18,20,26H,1-3,6-7,11-13H2,(H,23,24)/t15-,16+,18+,20+/m0/s1. The predicted octanol–water partition coefficient (Wildman–Crippen LogP) is 2.14. The van der Waals surface area contributed by atoms with Crippen LogP contribution in [0.25, 0.3) is 0 Å². The maximum atomic E-state index is 12.7. The first-order chi connectivity index (χ1) is 14.7. The largest absolute Gasteiger partial charge is 0.488 e. The van der Waals surface area contributed by atoms with Gasteiger partial charge in [-0.15, -0.1) is 0 Å². The Bertz CT molecular complexity index is 887. The molecule has 5 rings (SSSR count). The van der Waals surface area contributed by atoms with E-state index in [0.29, 0.717) is 41.9 Å². The Hall–Kier alpha value is -2.74. The average Bonchev–Trinajstić information content (AvgIpc) is 3.48. The summed E-state index contributed by atoms with van der Waals surface area (Å²) in [5.74, 6) is 2.97. The lowest BCUT2D eigenvalue weighted by atomic mass is 9.78. The lowest BCUT2D eigenvalue weighted by Crippen LogP contribution is -2.42. The van der Waals surface area contributed by atoms with E-state index in [1.54, 1.807) is 6.20 Å². The zero-order chi connectivity index (χ0) is 20.5. The molecule has 160 valence electrons. The highest BCUT2D eigenvalue weighted by Gasteiger charge is 2.43. The second-order valence-corrected chi connectivity index (χ2v) is 8.49. The molecule has 3 heterocycles. The van der Waals surface area contributed by atoms with Gasteiger partial charge in [0, 0.05) is 31.8 Å². The molecule has 0 unspecified atom stereocenters. The molecule has 2 aromatic rings. The highest BCUT2D eigenvalue weighted by molar-refractivity contribution is 5.76. The molecule has 8 heteroatoms. The van der Waals surface area contributed by atoms with E-state index in [9.17, 15) is 9.90 Å². The molecule has 8 nitrogen and oxygen atoms in total. The number of hydrogen-bond donors (Lipinski definition) is 2. The third kappa shape index (κ3) is 3.96. The molecule has 0 bridgehead atoms. The van der Waals surface area contributed by atoms with E-state index < -0.39 is 6.10 Å². The molecule has 2 N–H and O–H groups in total. The second kappa shape index (κ2) is 8.18. The van der Waals surface area contributed by atoms with Gasteiger partial charge in [-0.3, -0.25) is 9.89 Å². The smallest absolute Gasteiger partial charge is 0.231 e. The fraction of sp³-hybridized carbons (Fsp3) is 0.545. The van der Waals surface area contributed by atoms with E-state index in [4.69, 9.17) is 14.2 Å². The van der Waals surface area contributed by atoms with Gasteiger partial charge in [0.05, 0.1) is 12.3 Å². The van der Waals surface area contributed by atoms with Crippen LogP contribution in [-0.2, 0) is 11.2 Å². The van der Waals surface area contributed by atoms with Gasteiger partial charge in [0.1, 0.15) is 11.9 Å². The number of carbonyl (C=O) groups excluding carboxylic acids is 1. The fourth-order valence-corrected chi connectivity index (χ4v) is 4.86. The summed E-state index contributed by atoms with van der Waals surface area (Å²) in [5, 5.41) is 17.4. The number of hydrogen-bond acceptors (Lipinski definition) is 6. The number of carbonyl (C=O) groups is 1. The first-order valence-electron chi connectivity index (χ1n) is 10.7. The summed E-state index contributed by atoms with van der Waals surface area (Å²) < 4.78 is 16.8. The van der Waals surface area contributed by atoms with Crippen molar-refractivity contribution in [1.29, 1.82) is 0 Å². The van der Waals surface area contributed by atoms with E-state index in [1.165, 1.54) is 0 Å². The molecular weight excluding hydrogens is 386 g/mol. The number of H-pyrrole nitrogens is 1. The number of nitrogens with zero attached hydrogens (tertiary/aromatic N) is 2. The molecule has 1 aromatic carbocycles. The van der Waals surface area contributed by atoms with E-state index in [0.717, 1.165) is 37.9 Å². The van der Waals surface area contributed by atoms with Crippen LogP contribution in [0.1, 0.15) is 31.2 Å². The van der Waals surface area contributed by atoms with Crippen LogP contribution in [0.3, 0.4) is 0 Å². The monoisotopic (exact) mass is 413 g/mol. The lowest BCUT2D eigenvalue weighted by molar-refractivity contribution is -0.130. The number of ether oxygens (including phenoxy) is 3. The molecule has 0 spiro atoms. The van der Waals surface area contributed by atoms with Crippen molar-refractivity contribution in [2.75, 3.05) is 19.9 Å². The van der Waals surface area contributed by atoms with Gasteiger partial charge >= 0.3 is 0 Å². The van der Waals surface area contributed by atoms with Gasteiger partial charge in [0.15, 0.2) is 11.5 Å². The van der Waals surface area contributed by atoms with Crippen LogP contribution >= 0.6 is 0 Å². The third-order valence-electron chi connectivity index (χ3n) is 6.48. The number of aliphatic hydroxyl groups excluding tert-OH is 1. The zero-order valence-electron chi connectivity index (χ0n) is 16.8. The maximum absolute atomic E-state index is 12.7. The second-order valence-electron chi connectivity index (χ2n) is 8.49. The molecule has 2 fully saturated rings. The highest BCUT2D eigenvalue weighted by Crippen LogP contribution is 2.40. The van der Waals surface area contributed by atoms with Gasteiger partial charge in [-0.1, -0.05) is 0 Å². The Balaban J connectivity index is 1.14. The van der Waals surface area contributed by atoms with Gasteiger partial charge in [0.2, 0.25) is 12.7 Å². The molecule has 30 heavy (non-hydrogen) atoms. The first kappa shape index (κ1) is 19.2.